The number of benzene rings is 1. The zero-order chi connectivity index (χ0) is 10.8. The van der Waals surface area contributed by atoms with Crippen molar-refractivity contribution in [3.05, 3.63) is 34.9 Å². The summed E-state index contributed by atoms with van der Waals surface area (Å²) in [6.07, 6.45) is 0.916. The van der Waals surface area contributed by atoms with Gasteiger partial charge in [0.05, 0.1) is 17.7 Å². The molecule has 15 heavy (non-hydrogen) atoms. The van der Waals surface area contributed by atoms with Crippen LogP contribution in [0.25, 0.3) is 5.03 Å². The smallest absolute Gasteiger partial charge is 0.122 e. The third-order valence-corrected chi connectivity index (χ3v) is 2.94. The number of ether oxygens (including phenoxy) is 1. The van der Waals surface area contributed by atoms with Gasteiger partial charge in [-0.1, -0.05) is 11.6 Å². The molecule has 0 bridgehead atoms. The van der Waals surface area contributed by atoms with Crippen LogP contribution >= 0.6 is 11.6 Å². The molecule has 0 spiro atoms. The average Bonchev–Trinajstić information content (AvgIpc) is 2.73. The first-order valence-electron chi connectivity index (χ1n) is 4.75. The van der Waals surface area contributed by atoms with Crippen molar-refractivity contribution in [1.82, 2.24) is 0 Å². The summed E-state index contributed by atoms with van der Waals surface area (Å²) in [5.41, 5.74) is 2.59. The predicted octanol–water partition coefficient (Wildman–Crippen LogP) is 3.11. The summed E-state index contributed by atoms with van der Waals surface area (Å²) in [4.78, 5) is 0. The molecule has 1 aromatic rings. The summed E-state index contributed by atoms with van der Waals surface area (Å²) >= 11 is 6.07. The molecule has 2 nitrogen and oxygen atoms in total. The Morgan fingerprint density at radius 3 is 3.07 bits per heavy atom. The van der Waals surface area contributed by atoms with E-state index in [0.29, 0.717) is 10.6 Å². The van der Waals surface area contributed by atoms with E-state index < -0.39 is 0 Å². The van der Waals surface area contributed by atoms with Crippen LogP contribution in [0.4, 0.5) is 0 Å². The molecule has 0 unspecified atom stereocenters. The maximum atomic E-state index is 8.74. The van der Waals surface area contributed by atoms with E-state index in [9.17, 15) is 0 Å². The van der Waals surface area contributed by atoms with Gasteiger partial charge in [-0.3, -0.25) is 0 Å². The van der Waals surface area contributed by atoms with E-state index in [1.54, 1.807) is 6.92 Å². The number of hydrogen-bond donors (Lipinski definition) is 0. The van der Waals surface area contributed by atoms with Crippen molar-refractivity contribution in [1.29, 1.82) is 5.26 Å². The van der Waals surface area contributed by atoms with Crippen molar-refractivity contribution < 1.29 is 4.74 Å². The summed E-state index contributed by atoms with van der Waals surface area (Å²) in [7, 11) is 0. The SMILES string of the molecule is CC(C#N)=C(Cl)c1ccc2c(c1)CCO2. The average molecular weight is 220 g/mol. The zero-order valence-corrected chi connectivity index (χ0v) is 9.14. The second-order valence-corrected chi connectivity index (χ2v) is 3.85. The van der Waals surface area contributed by atoms with E-state index >= 15 is 0 Å². The molecule has 0 saturated heterocycles. The molecule has 76 valence electrons. The van der Waals surface area contributed by atoms with Crippen LogP contribution in [0.2, 0.25) is 0 Å². The van der Waals surface area contributed by atoms with E-state index in [2.05, 4.69) is 0 Å². The Morgan fingerprint density at radius 1 is 1.53 bits per heavy atom. The first-order valence-corrected chi connectivity index (χ1v) is 5.12. The summed E-state index contributed by atoms with van der Waals surface area (Å²) in [5.74, 6) is 0.929. The second-order valence-electron chi connectivity index (χ2n) is 3.47. The topological polar surface area (TPSA) is 33.0 Å². The minimum Gasteiger partial charge on any atom is -0.493 e. The molecule has 0 aromatic heterocycles. The summed E-state index contributed by atoms with van der Waals surface area (Å²) in [5, 5.41) is 9.26. The lowest BCUT2D eigenvalue weighted by atomic mass is 10.1. The van der Waals surface area contributed by atoms with Crippen molar-refractivity contribution in [3.8, 4) is 11.8 Å². The van der Waals surface area contributed by atoms with Gasteiger partial charge in [0.25, 0.3) is 0 Å². The Labute approximate surface area is 93.7 Å². The van der Waals surface area contributed by atoms with Crippen molar-refractivity contribution in [2.75, 3.05) is 6.61 Å². The van der Waals surface area contributed by atoms with Gasteiger partial charge in [0.2, 0.25) is 0 Å². The van der Waals surface area contributed by atoms with Crippen LogP contribution in [0.3, 0.4) is 0 Å². The van der Waals surface area contributed by atoms with Gasteiger partial charge in [0, 0.05) is 12.0 Å². The Kier molecular flexibility index (Phi) is 2.66. The molecular weight excluding hydrogens is 210 g/mol. The van der Waals surface area contributed by atoms with Crippen LogP contribution < -0.4 is 4.74 Å². The normalized spacial score (nSPS) is 15.0. The minimum atomic E-state index is 0.521. The van der Waals surface area contributed by atoms with Gasteiger partial charge in [-0.15, -0.1) is 0 Å². The van der Waals surface area contributed by atoms with Gasteiger partial charge >= 0.3 is 0 Å². The highest BCUT2D eigenvalue weighted by molar-refractivity contribution is 6.49. The van der Waals surface area contributed by atoms with Gasteiger partial charge in [0.1, 0.15) is 5.75 Å². The molecule has 1 heterocycles. The molecule has 0 saturated carbocycles. The summed E-state index contributed by atoms with van der Waals surface area (Å²) < 4.78 is 5.40. The van der Waals surface area contributed by atoms with E-state index in [4.69, 9.17) is 21.6 Å². The summed E-state index contributed by atoms with van der Waals surface area (Å²) in [6.45, 7) is 2.45. The van der Waals surface area contributed by atoms with E-state index in [0.717, 1.165) is 29.9 Å². The molecule has 0 atom stereocenters. The molecule has 0 radical (unpaired) electrons. The molecule has 0 N–H and O–H groups in total. The van der Waals surface area contributed by atoms with E-state index in [1.807, 2.05) is 24.3 Å². The van der Waals surface area contributed by atoms with Gasteiger partial charge in [0.15, 0.2) is 0 Å². The lowest BCUT2D eigenvalue weighted by Crippen LogP contribution is -1.85. The number of rotatable bonds is 1. The molecule has 0 fully saturated rings. The monoisotopic (exact) mass is 219 g/mol. The molecule has 0 amide bonds. The minimum absolute atomic E-state index is 0.521. The van der Waals surface area contributed by atoms with Crippen molar-refractivity contribution in [2.45, 2.75) is 13.3 Å². The molecule has 0 aliphatic carbocycles. The molecule has 2 rings (SSSR count). The van der Waals surface area contributed by atoms with Crippen LogP contribution in [0, 0.1) is 11.3 Å². The van der Waals surface area contributed by atoms with Crippen LogP contribution in [-0.4, -0.2) is 6.61 Å². The highest BCUT2D eigenvalue weighted by atomic mass is 35.5. The lowest BCUT2D eigenvalue weighted by Gasteiger charge is -2.03. The van der Waals surface area contributed by atoms with E-state index in [1.165, 1.54) is 0 Å². The molecule has 1 aromatic carbocycles. The van der Waals surface area contributed by atoms with Crippen molar-refractivity contribution in [3.63, 3.8) is 0 Å². The number of allylic oxidation sites excluding steroid dienone is 1. The maximum absolute atomic E-state index is 8.74. The zero-order valence-electron chi connectivity index (χ0n) is 8.38. The largest absolute Gasteiger partial charge is 0.493 e. The Bertz CT molecular complexity index is 471. The van der Waals surface area contributed by atoms with Crippen LogP contribution in [0.15, 0.2) is 23.8 Å². The van der Waals surface area contributed by atoms with E-state index in [-0.39, 0.29) is 0 Å². The number of halogens is 1. The van der Waals surface area contributed by atoms with Crippen LogP contribution in [0.1, 0.15) is 18.1 Å². The third kappa shape index (κ3) is 1.84. The molecule has 1 aliphatic rings. The fourth-order valence-electron chi connectivity index (χ4n) is 1.59. The van der Waals surface area contributed by atoms with Gasteiger partial charge in [-0.25, -0.2) is 0 Å². The number of nitrogens with zero attached hydrogens (tertiary/aromatic N) is 1. The Balaban J connectivity index is 2.44. The maximum Gasteiger partial charge on any atom is 0.122 e. The molecular formula is C12H10ClNO. The number of nitriles is 1. The fraction of sp³-hybridized carbons (Fsp3) is 0.250. The highest BCUT2D eigenvalue weighted by Gasteiger charge is 2.13. The van der Waals surface area contributed by atoms with Crippen LogP contribution in [0.5, 0.6) is 5.75 Å². The quantitative estimate of drug-likeness (QED) is 0.680. The summed E-state index contributed by atoms with van der Waals surface area (Å²) in [6, 6.07) is 7.83. The Morgan fingerprint density at radius 2 is 2.33 bits per heavy atom. The van der Waals surface area contributed by atoms with Crippen molar-refractivity contribution in [2.24, 2.45) is 0 Å². The third-order valence-electron chi connectivity index (χ3n) is 2.44. The van der Waals surface area contributed by atoms with Crippen LogP contribution in [-0.2, 0) is 6.42 Å². The van der Waals surface area contributed by atoms with Gasteiger partial charge in [-0.2, -0.15) is 5.26 Å². The first-order chi connectivity index (χ1) is 7.22. The first kappa shape index (κ1) is 10.1. The second kappa shape index (κ2) is 3.96. The standard InChI is InChI=1S/C12H10ClNO/c1-8(7-14)12(13)10-2-3-11-9(6-10)4-5-15-11/h2-3,6H,4-5H2,1H3. The number of fused-ring (bicyclic) bond motifs is 1. The molecule has 1 aliphatic heterocycles. The van der Waals surface area contributed by atoms with Gasteiger partial charge in [-0.05, 0) is 36.2 Å². The Hall–Kier alpha value is -1.46. The van der Waals surface area contributed by atoms with Crippen molar-refractivity contribution >= 4 is 16.6 Å². The van der Waals surface area contributed by atoms with Gasteiger partial charge < -0.3 is 4.74 Å². The lowest BCUT2D eigenvalue weighted by molar-refractivity contribution is 0.357. The molecule has 3 heteroatoms. The fourth-order valence-corrected chi connectivity index (χ4v) is 1.75. The predicted molar refractivity (Wildman–Crippen MR) is 59.7 cm³/mol. The highest BCUT2D eigenvalue weighted by Crippen LogP contribution is 2.30. The number of hydrogen-bond acceptors (Lipinski definition) is 2.